The van der Waals surface area contributed by atoms with E-state index in [0.717, 1.165) is 0 Å². The molecule has 0 heterocycles. The monoisotopic (exact) mass is 402 g/mol. The average Bonchev–Trinajstić information content (AvgIpc) is 2.78. The van der Waals surface area contributed by atoms with Crippen LogP contribution in [-0.4, -0.2) is 36.4 Å². The molecule has 0 fully saturated rings. The maximum atomic E-state index is 12.3. The maximum absolute atomic E-state index is 12.3. The molecule has 0 atom stereocenters. The molecule has 0 radical (unpaired) electrons. The number of aromatic hydroxyl groups is 2. The third-order valence-electron chi connectivity index (χ3n) is 5.10. The number of fused-ring (bicyclic) bond motifs is 2. The molecule has 0 aliphatic rings. The van der Waals surface area contributed by atoms with E-state index in [2.05, 4.69) is 0 Å². The zero-order chi connectivity index (χ0) is 21.4. The molecule has 0 saturated heterocycles. The van der Waals surface area contributed by atoms with Crippen LogP contribution in [0.5, 0.6) is 11.5 Å². The minimum Gasteiger partial charge on any atom is -0.506 e. The van der Waals surface area contributed by atoms with Gasteiger partial charge >= 0.3 is 11.9 Å². The largest absolute Gasteiger partial charge is 0.506 e. The molecule has 0 aliphatic heterocycles. The van der Waals surface area contributed by atoms with Crippen LogP contribution in [0, 0.1) is 0 Å². The summed E-state index contributed by atoms with van der Waals surface area (Å²) in [5.74, 6) is -2.12. The van der Waals surface area contributed by atoms with Crippen molar-refractivity contribution in [2.45, 2.75) is 0 Å². The van der Waals surface area contributed by atoms with Gasteiger partial charge in [-0.3, -0.25) is 0 Å². The van der Waals surface area contributed by atoms with E-state index in [-0.39, 0.29) is 33.8 Å². The second kappa shape index (κ2) is 7.40. The highest BCUT2D eigenvalue weighted by Gasteiger charge is 2.26. The molecule has 6 nitrogen and oxygen atoms in total. The summed E-state index contributed by atoms with van der Waals surface area (Å²) in [6, 6.07) is 17.3. The topological polar surface area (TPSA) is 93.1 Å². The van der Waals surface area contributed by atoms with Crippen molar-refractivity contribution >= 4 is 33.5 Å². The first-order valence-electron chi connectivity index (χ1n) is 9.14. The number of rotatable bonds is 3. The minimum absolute atomic E-state index is 0.0434. The van der Waals surface area contributed by atoms with E-state index in [1.807, 2.05) is 0 Å². The van der Waals surface area contributed by atoms with Crippen molar-refractivity contribution in [1.29, 1.82) is 0 Å². The summed E-state index contributed by atoms with van der Waals surface area (Å²) in [4.78, 5) is 24.6. The lowest BCUT2D eigenvalue weighted by atomic mass is 9.89. The van der Waals surface area contributed by atoms with Crippen LogP contribution < -0.4 is 0 Å². The molecule has 0 bridgehead atoms. The SMILES string of the molecule is COC(=O)c1cc2ccccc2c(-c2c(O)c(C(=O)OC)cc3ccccc23)c1O. The third-order valence-corrected chi connectivity index (χ3v) is 5.10. The summed E-state index contributed by atoms with van der Waals surface area (Å²) >= 11 is 0. The van der Waals surface area contributed by atoms with Crippen molar-refractivity contribution in [3.05, 3.63) is 71.8 Å². The molecule has 0 spiro atoms. The molecule has 4 rings (SSSR count). The Hall–Kier alpha value is -4.06. The quantitative estimate of drug-likeness (QED) is 0.485. The van der Waals surface area contributed by atoms with Gasteiger partial charge in [-0.2, -0.15) is 0 Å². The summed E-state index contributed by atoms with van der Waals surface area (Å²) in [6.07, 6.45) is 0. The lowest BCUT2D eigenvalue weighted by molar-refractivity contribution is 0.0588. The molecule has 2 N–H and O–H groups in total. The van der Waals surface area contributed by atoms with Gasteiger partial charge in [0, 0.05) is 11.1 Å². The van der Waals surface area contributed by atoms with E-state index in [0.29, 0.717) is 21.5 Å². The second-order valence-corrected chi connectivity index (χ2v) is 6.72. The number of carbonyl (C=O) groups is 2. The zero-order valence-corrected chi connectivity index (χ0v) is 16.3. The number of benzene rings is 4. The predicted molar refractivity (Wildman–Crippen MR) is 113 cm³/mol. The lowest BCUT2D eigenvalue weighted by Gasteiger charge is -2.18. The zero-order valence-electron chi connectivity index (χ0n) is 16.3. The lowest BCUT2D eigenvalue weighted by Crippen LogP contribution is -2.05. The number of phenols is 2. The highest BCUT2D eigenvalue weighted by atomic mass is 16.5. The smallest absolute Gasteiger partial charge is 0.341 e. The molecular weight excluding hydrogens is 384 g/mol. The summed E-state index contributed by atoms with van der Waals surface area (Å²) in [6.45, 7) is 0. The van der Waals surface area contributed by atoms with Gasteiger partial charge in [-0.25, -0.2) is 9.59 Å². The van der Waals surface area contributed by atoms with Gasteiger partial charge in [0.1, 0.15) is 22.6 Å². The van der Waals surface area contributed by atoms with E-state index >= 15 is 0 Å². The van der Waals surface area contributed by atoms with Crippen LogP contribution in [0.4, 0.5) is 0 Å². The van der Waals surface area contributed by atoms with Gasteiger partial charge in [-0.1, -0.05) is 48.5 Å². The van der Waals surface area contributed by atoms with Crippen LogP contribution in [0.3, 0.4) is 0 Å². The first kappa shape index (κ1) is 19.3. The number of phenolic OH excluding ortho intramolecular Hbond substituents is 2. The Bertz CT molecular complexity index is 1220. The van der Waals surface area contributed by atoms with Gasteiger partial charge in [-0.15, -0.1) is 0 Å². The Morgan fingerprint density at radius 1 is 0.667 bits per heavy atom. The first-order chi connectivity index (χ1) is 14.5. The van der Waals surface area contributed by atoms with Crippen molar-refractivity contribution in [2.75, 3.05) is 14.2 Å². The van der Waals surface area contributed by atoms with Gasteiger partial charge in [0.15, 0.2) is 0 Å². The van der Waals surface area contributed by atoms with Gasteiger partial charge in [0.05, 0.1) is 14.2 Å². The molecule has 4 aromatic carbocycles. The predicted octanol–water partition coefficient (Wildman–Crippen LogP) is 4.64. The van der Waals surface area contributed by atoms with Crippen LogP contribution in [0.1, 0.15) is 20.7 Å². The maximum Gasteiger partial charge on any atom is 0.341 e. The van der Waals surface area contributed by atoms with E-state index in [1.165, 1.54) is 26.4 Å². The molecule has 0 aromatic heterocycles. The Morgan fingerprint density at radius 2 is 1.03 bits per heavy atom. The molecule has 4 aromatic rings. The number of hydrogen-bond acceptors (Lipinski definition) is 6. The van der Waals surface area contributed by atoms with Gasteiger partial charge in [0.25, 0.3) is 0 Å². The molecule has 0 aliphatic carbocycles. The summed E-state index contributed by atoms with van der Waals surface area (Å²) in [5, 5.41) is 24.7. The molecule has 0 unspecified atom stereocenters. The van der Waals surface area contributed by atoms with Crippen molar-refractivity contribution in [2.24, 2.45) is 0 Å². The summed E-state index contributed by atoms with van der Waals surface area (Å²) < 4.78 is 9.64. The number of esters is 2. The Kier molecular flexibility index (Phi) is 4.75. The number of methoxy groups -OCH3 is 2. The normalized spacial score (nSPS) is 10.9. The van der Waals surface area contributed by atoms with Crippen LogP contribution in [-0.2, 0) is 9.47 Å². The molecule has 6 heteroatoms. The molecule has 150 valence electrons. The van der Waals surface area contributed by atoms with Crippen molar-refractivity contribution in [3.63, 3.8) is 0 Å². The van der Waals surface area contributed by atoms with Crippen molar-refractivity contribution < 1.29 is 29.3 Å². The third kappa shape index (κ3) is 2.90. The highest BCUT2D eigenvalue weighted by Crippen LogP contribution is 2.47. The van der Waals surface area contributed by atoms with Crippen LogP contribution >= 0.6 is 0 Å². The molecular formula is C24H18O6. The van der Waals surface area contributed by atoms with Gasteiger partial charge in [0.2, 0.25) is 0 Å². The van der Waals surface area contributed by atoms with E-state index < -0.39 is 11.9 Å². The van der Waals surface area contributed by atoms with Crippen LogP contribution in [0.25, 0.3) is 32.7 Å². The fraction of sp³-hybridized carbons (Fsp3) is 0.0833. The second-order valence-electron chi connectivity index (χ2n) is 6.72. The fourth-order valence-electron chi connectivity index (χ4n) is 3.71. The van der Waals surface area contributed by atoms with Crippen LogP contribution in [0.2, 0.25) is 0 Å². The standard InChI is InChI=1S/C24H18O6/c1-29-23(27)17-11-13-7-3-5-9-15(13)19(21(17)25)20-16-10-6-4-8-14(16)12-18(22(20)26)24(28)30-2/h3-12,25-26H,1-2H3. The highest BCUT2D eigenvalue weighted by molar-refractivity contribution is 6.15. The Labute approximate surface area is 171 Å². The number of hydrogen-bond donors (Lipinski definition) is 2. The van der Waals surface area contributed by atoms with E-state index in [1.54, 1.807) is 48.5 Å². The number of ether oxygens (including phenoxy) is 2. The number of carbonyl (C=O) groups excluding carboxylic acids is 2. The first-order valence-corrected chi connectivity index (χ1v) is 9.14. The average molecular weight is 402 g/mol. The summed E-state index contributed by atoms with van der Waals surface area (Å²) in [5.41, 5.74) is 0.372. The van der Waals surface area contributed by atoms with Gasteiger partial charge in [-0.05, 0) is 33.7 Å². The molecule has 0 amide bonds. The minimum atomic E-state index is -0.715. The van der Waals surface area contributed by atoms with Crippen molar-refractivity contribution in [3.8, 4) is 22.6 Å². The van der Waals surface area contributed by atoms with Crippen molar-refractivity contribution in [1.82, 2.24) is 0 Å². The molecule has 30 heavy (non-hydrogen) atoms. The van der Waals surface area contributed by atoms with Gasteiger partial charge < -0.3 is 19.7 Å². The van der Waals surface area contributed by atoms with Crippen LogP contribution in [0.15, 0.2) is 60.7 Å². The Balaban J connectivity index is 2.23. The Morgan fingerprint density at radius 3 is 1.40 bits per heavy atom. The summed E-state index contributed by atoms with van der Waals surface area (Å²) in [7, 11) is 2.45. The van der Waals surface area contributed by atoms with E-state index in [4.69, 9.17) is 9.47 Å². The fourth-order valence-corrected chi connectivity index (χ4v) is 3.71. The van der Waals surface area contributed by atoms with E-state index in [9.17, 15) is 19.8 Å². The molecule has 0 saturated carbocycles.